The van der Waals surface area contributed by atoms with Gasteiger partial charge < -0.3 is 15.8 Å². The average molecular weight is 500 g/mol. The van der Waals surface area contributed by atoms with Crippen LogP contribution in [-0.4, -0.2) is 47.2 Å². The van der Waals surface area contributed by atoms with Crippen molar-refractivity contribution in [2.45, 2.75) is 38.0 Å². The third-order valence-corrected chi connectivity index (χ3v) is 6.35. The van der Waals surface area contributed by atoms with E-state index >= 15 is 0 Å². The number of hydrogen-bond donors (Lipinski definition) is 2. The van der Waals surface area contributed by atoms with E-state index in [0.717, 1.165) is 11.1 Å². The lowest BCUT2D eigenvalue weighted by Crippen LogP contribution is -2.53. The van der Waals surface area contributed by atoms with Crippen LogP contribution in [0.1, 0.15) is 39.9 Å². The molecular weight excluding hydrogens is 470 g/mol. The van der Waals surface area contributed by atoms with Crippen LogP contribution >= 0.6 is 0 Å². The molecule has 0 aromatic heterocycles. The molecule has 190 valence electrons. The number of ether oxygens (including phenoxy) is 1. The zero-order chi connectivity index (χ0) is 26.2. The van der Waals surface area contributed by atoms with Gasteiger partial charge in [-0.25, -0.2) is 4.79 Å². The number of ketones is 1. The number of carbonyl (C=O) groups excluding carboxylic acids is 4. The molecular formula is C29H29N3O5. The van der Waals surface area contributed by atoms with E-state index in [4.69, 9.17) is 10.5 Å². The van der Waals surface area contributed by atoms with Crippen LogP contribution < -0.4 is 11.1 Å². The molecule has 0 aliphatic carbocycles. The molecule has 0 saturated carbocycles. The fraction of sp³-hybridized carbons (Fsp3) is 0.241. The van der Waals surface area contributed by atoms with Crippen molar-refractivity contribution >= 4 is 23.7 Å². The van der Waals surface area contributed by atoms with Gasteiger partial charge in [0.1, 0.15) is 18.7 Å². The second-order valence-electron chi connectivity index (χ2n) is 8.95. The predicted molar refractivity (Wildman–Crippen MR) is 138 cm³/mol. The van der Waals surface area contributed by atoms with Crippen molar-refractivity contribution in [1.82, 2.24) is 10.2 Å². The van der Waals surface area contributed by atoms with Crippen molar-refractivity contribution in [3.05, 3.63) is 107 Å². The van der Waals surface area contributed by atoms with Gasteiger partial charge in [0.2, 0.25) is 11.8 Å². The summed E-state index contributed by atoms with van der Waals surface area (Å²) in [6.07, 6.45) is 0.701. The molecule has 8 nitrogen and oxygen atoms in total. The summed E-state index contributed by atoms with van der Waals surface area (Å²) < 4.78 is 5.39. The fourth-order valence-corrected chi connectivity index (χ4v) is 4.33. The molecule has 0 radical (unpaired) electrons. The molecule has 1 saturated heterocycles. The first kappa shape index (κ1) is 25.6. The van der Waals surface area contributed by atoms with Gasteiger partial charge in [0.15, 0.2) is 5.78 Å². The molecule has 8 heteroatoms. The van der Waals surface area contributed by atoms with Crippen LogP contribution in [0.4, 0.5) is 4.79 Å². The van der Waals surface area contributed by atoms with Crippen LogP contribution in [-0.2, 0) is 27.4 Å². The highest BCUT2D eigenvalue weighted by molar-refractivity contribution is 6.08. The van der Waals surface area contributed by atoms with Gasteiger partial charge >= 0.3 is 6.09 Å². The minimum absolute atomic E-state index is 0.104. The second-order valence-corrected chi connectivity index (χ2v) is 8.95. The van der Waals surface area contributed by atoms with Crippen LogP contribution in [0.15, 0.2) is 84.9 Å². The lowest BCUT2D eigenvalue weighted by atomic mass is 9.99. The number of primary amides is 1. The lowest BCUT2D eigenvalue weighted by molar-refractivity contribution is -0.130. The Morgan fingerprint density at radius 2 is 1.49 bits per heavy atom. The number of nitrogens with zero attached hydrogens (tertiary/aromatic N) is 1. The highest BCUT2D eigenvalue weighted by Crippen LogP contribution is 2.20. The summed E-state index contributed by atoms with van der Waals surface area (Å²) in [6, 6.07) is 23.4. The normalized spacial score (nSPS) is 15.6. The summed E-state index contributed by atoms with van der Waals surface area (Å²) in [4.78, 5) is 51.8. The maximum atomic E-state index is 13.0. The largest absolute Gasteiger partial charge is 0.445 e. The van der Waals surface area contributed by atoms with E-state index in [2.05, 4.69) is 5.32 Å². The lowest BCUT2D eigenvalue weighted by Gasteiger charge is -2.25. The first-order chi connectivity index (χ1) is 17.9. The van der Waals surface area contributed by atoms with Gasteiger partial charge in [0.25, 0.3) is 0 Å². The van der Waals surface area contributed by atoms with E-state index in [1.54, 1.807) is 48.5 Å². The Morgan fingerprint density at radius 1 is 0.865 bits per heavy atom. The Morgan fingerprint density at radius 3 is 2.14 bits per heavy atom. The first-order valence-corrected chi connectivity index (χ1v) is 12.2. The maximum absolute atomic E-state index is 13.0. The van der Waals surface area contributed by atoms with E-state index in [0.29, 0.717) is 30.5 Å². The SMILES string of the molecule is NC(=O)[C@H](Cc1ccc(C(=O)c2ccccc2)cc1)NC(=O)[C@H]1CCCN1C(=O)OCc1ccccc1. The Hall–Kier alpha value is -4.46. The molecule has 2 atom stereocenters. The number of hydrogen-bond acceptors (Lipinski definition) is 5. The number of likely N-dealkylation sites (tertiary alicyclic amines) is 1. The van der Waals surface area contributed by atoms with E-state index in [-0.39, 0.29) is 18.8 Å². The minimum atomic E-state index is -0.967. The van der Waals surface area contributed by atoms with Crippen molar-refractivity contribution < 1.29 is 23.9 Å². The summed E-state index contributed by atoms with van der Waals surface area (Å²) in [7, 11) is 0. The molecule has 1 fully saturated rings. The van der Waals surface area contributed by atoms with Crippen molar-refractivity contribution in [2.24, 2.45) is 5.73 Å². The van der Waals surface area contributed by atoms with Gasteiger partial charge in [-0.3, -0.25) is 19.3 Å². The smallest absolute Gasteiger partial charge is 0.410 e. The van der Waals surface area contributed by atoms with Crippen molar-refractivity contribution in [2.75, 3.05) is 6.54 Å². The van der Waals surface area contributed by atoms with Crippen molar-refractivity contribution in [3.8, 4) is 0 Å². The Balaban J connectivity index is 1.36. The van der Waals surface area contributed by atoms with E-state index in [9.17, 15) is 19.2 Å². The van der Waals surface area contributed by atoms with Crippen LogP contribution in [0.25, 0.3) is 0 Å². The summed E-state index contributed by atoms with van der Waals surface area (Å²) in [6.45, 7) is 0.501. The third kappa shape index (κ3) is 6.61. The molecule has 37 heavy (non-hydrogen) atoms. The summed E-state index contributed by atoms with van der Waals surface area (Å²) in [5, 5.41) is 2.70. The number of rotatable bonds is 9. The van der Waals surface area contributed by atoms with Gasteiger partial charge in [-0.15, -0.1) is 0 Å². The van der Waals surface area contributed by atoms with Crippen LogP contribution in [0.2, 0.25) is 0 Å². The van der Waals surface area contributed by atoms with Crippen LogP contribution in [0.3, 0.4) is 0 Å². The van der Waals surface area contributed by atoms with Gasteiger partial charge in [0.05, 0.1) is 0 Å². The molecule has 3 aromatic carbocycles. The molecule has 1 heterocycles. The predicted octanol–water partition coefficient (Wildman–Crippen LogP) is 3.23. The number of carbonyl (C=O) groups is 4. The van der Waals surface area contributed by atoms with Gasteiger partial charge in [0, 0.05) is 24.1 Å². The monoisotopic (exact) mass is 499 g/mol. The summed E-state index contributed by atoms with van der Waals surface area (Å²) >= 11 is 0. The molecule has 1 aliphatic rings. The van der Waals surface area contributed by atoms with Gasteiger partial charge in [-0.1, -0.05) is 84.9 Å². The minimum Gasteiger partial charge on any atom is -0.445 e. The van der Waals surface area contributed by atoms with E-state index < -0.39 is 30.0 Å². The highest BCUT2D eigenvalue weighted by Gasteiger charge is 2.36. The molecule has 3 aromatic rings. The molecule has 0 bridgehead atoms. The van der Waals surface area contributed by atoms with E-state index in [1.807, 2.05) is 36.4 Å². The van der Waals surface area contributed by atoms with Crippen LogP contribution in [0.5, 0.6) is 0 Å². The zero-order valence-electron chi connectivity index (χ0n) is 20.3. The maximum Gasteiger partial charge on any atom is 0.410 e. The second kappa shape index (κ2) is 12.0. The van der Waals surface area contributed by atoms with Crippen LogP contribution in [0, 0.1) is 0 Å². The Kier molecular flexibility index (Phi) is 8.30. The number of benzene rings is 3. The number of nitrogens with two attached hydrogens (primary N) is 1. The number of nitrogens with one attached hydrogen (secondary N) is 1. The van der Waals surface area contributed by atoms with Gasteiger partial charge in [-0.2, -0.15) is 0 Å². The average Bonchev–Trinajstić information content (AvgIpc) is 3.43. The standard InChI is InChI=1S/C29H29N3O5/c30-27(34)24(18-20-13-15-23(16-14-20)26(33)22-10-5-2-6-11-22)31-28(35)25-12-7-17-32(25)29(36)37-19-21-8-3-1-4-9-21/h1-6,8-11,13-16,24-25H,7,12,17-19H2,(H2,30,34)(H,31,35)/t24-,25+/m0/s1. The Labute approximate surface area is 215 Å². The topological polar surface area (TPSA) is 119 Å². The molecule has 1 aliphatic heterocycles. The van der Waals surface area contributed by atoms with E-state index in [1.165, 1.54) is 4.90 Å². The molecule has 0 unspecified atom stereocenters. The highest BCUT2D eigenvalue weighted by atomic mass is 16.6. The first-order valence-electron chi connectivity index (χ1n) is 12.2. The molecule has 3 amide bonds. The van der Waals surface area contributed by atoms with Crippen molar-refractivity contribution in [3.63, 3.8) is 0 Å². The van der Waals surface area contributed by atoms with Crippen molar-refractivity contribution in [1.29, 1.82) is 0 Å². The molecule has 4 rings (SSSR count). The quantitative estimate of drug-likeness (QED) is 0.438. The van der Waals surface area contributed by atoms with Gasteiger partial charge in [-0.05, 0) is 24.0 Å². The fourth-order valence-electron chi connectivity index (χ4n) is 4.33. The third-order valence-electron chi connectivity index (χ3n) is 6.35. The summed E-state index contributed by atoms with van der Waals surface area (Å²) in [5.41, 5.74) is 8.27. The number of amides is 3. The zero-order valence-corrected chi connectivity index (χ0v) is 20.3. The molecule has 0 spiro atoms. The molecule has 3 N–H and O–H groups in total. The summed E-state index contributed by atoms with van der Waals surface area (Å²) in [5.74, 6) is -1.24. The Bertz CT molecular complexity index is 1250.